The first-order chi connectivity index (χ1) is 13.2. The van der Waals surface area contributed by atoms with Crippen LogP contribution in [0.15, 0.2) is 18.4 Å². The van der Waals surface area contributed by atoms with Gasteiger partial charge in [0, 0.05) is 12.0 Å². The van der Waals surface area contributed by atoms with Gasteiger partial charge in [0.1, 0.15) is 47.2 Å². The fourth-order valence-electron chi connectivity index (χ4n) is 3.52. The summed E-state index contributed by atoms with van der Waals surface area (Å²) in [6.07, 6.45) is -7.33. The number of hydrogen-bond acceptors (Lipinski definition) is 9. The Hall–Kier alpha value is -2.17. The number of aliphatic hydroxyl groups is 4. The molecule has 0 aromatic heterocycles. The molecule has 1 aromatic carbocycles. The quantitative estimate of drug-likeness (QED) is 0.518. The van der Waals surface area contributed by atoms with Crippen LogP contribution in [-0.2, 0) is 9.47 Å². The SMILES string of the molecule is C=C1OC(=O)c2c(O[C@@H]3O[C@@H](CO)[C@H](O)[C@@H](O)[C@@H]3O)cc(OC)c(C)c2[C@@H]1C. The Morgan fingerprint density at radius 3 is 2.46 bits per heavy atom. The molecule has 0 bridgehead atoms. The minimum absolute atomic E-state index is 0.0196. The van der Waals surface area contributed by atoms with E-state index >= 15 is 0 Å². The van der Waals surface area contributed by atoms with Gasteiger partial charge >= 0.3 is 5.97 Å². The van der Waals surface area contributed by atoms with Gasteiger partial charge in [0.25, 0.3) is 0 Å². The molecule has 0 aliphatic carbocycles. The zero-order valence-corrected chi connectivity index (χ0v) is 15.8. The Bertz CT molecular complexity index is 788. The number of carbonyl (C=O) groups excluding carboxylic acids is 1. The Kier molecular flexibility index (Phi) is 5.64. The molecule has 0 radical (unpaired) electrons. The van der Waals surface area contributed by atoms with E-state index in [1.165, 1.54) is 13.2 Å². The van der Waals surface area contributed by atoms with Crippen molar-refractivity contribution >= 4 is 5.97 Å². The van der Waals surface area contributed by atoms with Crippen molar-refractivity contribution in [2.45, 2.75) is 50.5 Å². The second-order valence-corrected chi connectivity index (χ2v) is 6.88. The first-order valence-corrected chi connectivity index (χ1v) is 8.80. The lowest BCUT2D eigenvalue weighted by atomic mass is 9.87. The van der Waals surface area contributed by atoms with Crippen LogP contribution in [0.5, 0.6) is 11.5 Å². The van der Waals surface area contributed by atoms with Gasteiger partial charge in [-0.3, -0.25) is 0 Å². The van der Waals surface area contributed by atoms with Crippen LogP contribution in [0.4, 0.5) is 0 Å². The Morgan fingerprint density at radius 2 is 1.86 bits per heavy atom. The van der Waals surface area contributed by atoms with Gasteiger partial charge in [0.05, 0.1) is 13.7 Å². The number of carbonyl (C=O) groups is 1. The zero-order chi connectivity index (χ0) is 20.7. The molecule has 1 aromatic rings. The third-order valence-corrected chi connectivity index (χ3v) is 5.21. The number of esters is 1. The molecule has 1 saturated heterocycles. The number of aliphatic hydroxyl groups excluding tert-OH is 4. The number of hydrogen-bond donors (Lipinski definition) is 4. The third-order valence-electron chi connectivity index (χ3n) is 5.21. The number of rotatable bonds is 4. The van der Waals surface area contributed by atoms with Crippen molar-refractivity contribution in [3.63, 3.8) is 0 Å². The van der Waals surface area contributed by atoms with Crippen molar-refractivity contribution in [3.8, 4) is 11.5 Å². The standard InChI is InChI=1S/C19H24O9/c1-7-9(3)26-18(24)14-11(5-10(25-4)8(2)13(7)14)27-19-17(23)16(22)15(21)12(6-20)28-19/h5,7,12,15-17,19-23H,3,6H2,1-2,4H3/t7-,12+,15+,16-,17+,19-/m1/s1. The molecule has 0 saturated carbocycles. The predicted molar refractivity (Wildman–Crippen MR) is 95.1 cm³/mol. The second kappa shape index (κ2) is 7.69. The summed E-state index contributed by atoms with van der Waals surface area (Å²) in [5.74, 6) is -0.255. The molecule has 1 fully saturated rings. The van der Waals surface area contributed by atoms with Crippen molar-refractivity contribution in [2.24, 2.45) is 0 Å². The highest BCUT2D eigenvalue weighted by Crippen LogP contribution is 2.44. The predicted octanol–water partition coefficient (Wildman–Crippen LogP) is -0.0301. The first-order valence-electron chi connectivity index (χ1n) is 8.80. The summed E-state index contributed by atoms with van der Waals surface area (Å²) in [7, 11) is 1.47. The molecule has 9 nitrogen and oxygen atoms in total. The van der Waals surface area contributed by atoms with Crippen LogP contribution in [0.3, 0.4) is 0 Å². The zero-order valence-electron chi connectivity index (χ0n) is 15.8. The summed E-state index contributed by atoms with van der Waals surface area (Å²) in [6, 6.07) is 1.46. The Morgan fingerprint density at radius 1 is 1.18 bits per heavy atom. The fraction of sp³-hybridized carbons (Fsp3) is 0.526. The van der Waals surface area contributed by atoms with Crippen LogP contribution in [-0.4, -0.2) is 70.8 Å². The maximum atomic E-state index is 12.5. The topological polar surface area (TPSA) is 135 Å². The molecule has 0 unspecified atom stereocenters. The smallest absolute Gasteiger partial charge is 0.347 e. The molecule has 3 rings (SSSR count). The lowest BCUT2D eigenvalue weighted by Gasteiger charge is -2.40. The molecule has 6 atom stereocenters. The molecule has 2 aliphatic rings. The largest absolute Gasteiger partial charge is 0.496 e. The van der Waals surface area contributed by atoms with Gasteiger partial charge in [-0.05, 0) is 18.1 Å². The van der Waals surface area contributed by atoms with Crippen molar-refractivity contribution in [1.82, 2.24) is 0 Å². The molecule has 154 valence electrons. The number of allylic oxidation sites excluding steroid dienone is 1. The van der Waals surface area contributed by atoms with E-state index in [2.05, 4.69) is 6.58 Å². The van der Waals surface area contributed by atoms with Gasteiger partial charge in [0.2, 0.25) is 6.29 Å². The van der Waals surface area contributed by atoms with Gasteiger partial charge in [-0.1, -0.05) is 13.5 Å². The fourth-order valence-corrected chi connectivity index (χ4v) is 3.52. The Balaban J connectivity index is 2.05. The molecular weight excluding hydrogens is 372 g/mol. The molecule has 28 heavy (non-hydrogen) atoms. The lowest BCUT2D eigenvalue weighted by molar-refractivity contribution is -0.277. The summed E-state index contributed by atoms with van der Waals surface area (Å²) in [5, 5.41) is 39.4. The average molecular weight is 396 g/mol. The number of fused-ring (bicyclic) bond motifs is 1. The third kappa shape index (κ3) is 3.25. The summed E-state index contributed by atoms with van der Waals surface area (Å²) in [6.45, 7) is 6.77. The van der Waals surface area contributed by atoms with Crippen molar-refractivity contribution in [1.29, 1.82) is 0 Å². The van der Waals surface area contributed by atoms with Crippen LogP contribution in [0.2, 0.25) is 0 Å². The molecule has 9 heteroatoms. The van der Waals surface area contributed by atoms with Crippen molar-refractivity contribution in [2.75, 3.05) is 13.7 Å². The number of methoxy groups -OCH3 is 1. The lowest BCUT2D eigenvalue weighted by Crippen LogP contribution is -2.60. The van der Waals surface area contributed by atoms with Crippen LogP contribution in [0, 0.1) is 6.92 Å². The van der Waals surface area contributed by atoms with Crippen LogP contribution >= 0.6 is 0 Å². The van der Waals surface area contributed by atoms with Crippen molar-refractivity contribution in [3.05, 3.63) is 35.1 Å². The van der Waals surface area contributed by atoms with Gasteiger partial charge in [-0.15, -0.1) is 0 Å². The first kappa shape index (κ1) is 20.6. The van der Waals surface area contributed by atoms with Crippen LogP contribution < -0.4 is 9.47 Å². The molecule has 2 aliphatic heterocycles. The van der Waals surface area contributed by atoms with E-state index in [-0.39, 0.29) is 23.0 Å². The number of ether oxygens (including phenoxy) is 4. The van der Waals surface area contributed by atoms with Gasteiger partial charge in [-0.2, -0.15) is 0 Å². The summed E-state index contributed by atoms with van der Waals surface area (Å²) >= 11 is 0. The number of benzene rings is 1. The summed E-state index contributed by atoms with van der Waals surface area (Å²) < 4.78 is 21.6. The molecule has 0 spiro atoms. The Labute approximate surface area is 161 Å². The molecular formula is C19H24O9. The highest BCUT2D eigenvalue weighted by molar-refractivity contribution is 5.97. The number of cyclic esters (lactones) is 1. The van der Waals surface area contributed by atoms with E-state index in [1.54, 1.807) is 6.92 Å². The van der Waals surface area contributed by atoms with E-state index in [4.69, 9.17) is 18.9 Å². The van der Waals surface area contributed by atoms with E-state index in [1.807, 2.05) is 6.92 Å². The summed E-state index contributed by atoms with van der Waals surface area (Å²) in [4.78, 5) is 12.5. The minimum Gasteiger partial charge on any atom is -0.496 e. The van der Waals surface area contributed by atoms with Gasteiger partial charge < -0.3 is 39.4 Å². The molecule has 2 heterocycles. The van der Waals surface area contributed by atoms with E-state index in [9.17, 15) is 25.2 Å². The summed E-state index contributed by atoms with van der Waals surface area (Å²) in [5.41, 5.74) is 1.46. The average Bonchev–Trinajstić information content (AvgIpc) is 2.67. The van der Waals surface area contributed by atoms with E-state index in [0.29, 0.717) is 16.9 Å². The highest BCUT2D eigenvalue weighted by Gasteiger charge is 2.45. The molecule has 4 N–H and O–H groups in total. The minimum atomic E-state index is -1.62. The van der Waals surface area contributed by atoms with Gasteiger partial charge in [-0.25, -0.2) is 4.79 Å². The normalized spacial score (nSPS) is 32.5. The highest BCUT2D eigenvalue weighted by atomic mass is 16.7. The molecule has 0 amide bonds. The maximum absolute atomic E-state index is 12.5. The van der Waals surface area contributed by atoms with E-state index < -0.39 is 43.3 Å². The van der Waals surface area contributed by atoms with Crippen LogP contribution in [0.1, 0.15) is 34.3 Å². The maximum Gasteiger partial charge on any atom is 0.347 e. The van der Waals surface area contributed by atoms with E-state index in [0.717, 1.165) is 0 Å². The van der Waals surface area contributed by atoms with Gasteiger partial charge in [0.15, 0.2) is 0 Å². The second-order valence-electron chi connectivity index (χ2n) is 6.88. The monoisotopic (exact) mass is 396 g/mol. The van der Waals surface area contributed by atoms with Crippen molar-refractivity contribution < 1.29 is 44.2 Å². The van der Waals surface area contributed by atoms with Crippen LogP contribution in [0.25, 0.3) is 0 Å².